The van der Waals surface area contributed by atoms with Crippen molar-refractivity contribution in [1.82, 2.24) is 0 Å². The van der Waals surface area contributed by atoms with Crippen LogP contribution in [0.4, 0.5) is 0 Å². The van der Waals surface area contributed by atoms with Crippen LogP contribution in [-0.2, 0) is 0 Å². The molecule has 0 aliphatic heterocycles. The normalized spacial score (nSPS) is 9.56. The molecule has 1 rings (SSSR count). The van der Waals surface area contributed by atoms with Crippen molar-refractivity contribution in [3.63, 3.8) is 0 Å². The van der Waals surface area contributed by atoms with E-state index in [1.807, 2.05) is 6.92 Å². The van der Waals surface area contributed by atoms with Gasteiger partial charge >= 0.3 is 0 Å². The molecule has 0 spiro atoms. The van der Waals surface area contributed by atoms with Crippen LogP contribution < -0.4 is 0 Å². The van der Waals surface area contributed by atoms with Crippen LogP contribution in [0, 0.1) is 13.3 Å². The number of benzene rings is 1. The summed E-state index contributed by atoms with van der Waals surface area (Å²) in [7, 11) is 0. The summed E-state index contributed by atoms with van der Waals surface area (Å²) >= 11 is 0. The predicted molar refractivity (Wildman–Crippen MR) is 39.2 cm³/mol. The summed E-state index contributed by atoms with van der Waals surface area (Å²) in [6.45, 7) is 4.00. The Hall–Kier alpha value is -0.780. The van der Waals surface area contributed by atoms with Gasteiger partial charge in [0.05, 0.1) is 0 Å². The molecule has 0 amide bonds. The van der Waals surface area contributed by atoms with E-state index in [4.69, 9.17) is 0 Å². The van der Waals surface area contributed by atoms with E-state index in [1.165, 1.54) is 11.1 Å². The summed E-state index contributed by atoms with van der Waals surface area (Å²) in [5.74, 6) is 0. The van der Waals surface area contributed by atoms with Gasteiger partial charge in [-0.1, -0.05) is 36.8 Å². The summed E-state index contributed by atoms with van der Waals surface area (Å²) in [4.78, 5) is 0. The van der Waals surface area contributed by atoms with Gasteiger partial charge in [0.1, 0.15) is 0 Å². The third-order valence-electron chi connectivity index (χ3n) is 1.34. The minimum Gasteiger partial charge on any atom is -0.0590 e. The second-order valence-corrected chi connectivity index (χ2v) is 2.12. The van der Waals surface area contributed by atoms with Crippen molar-refractivity contribution < 1.29 is 0 Å². The molecule has 0 aliphatic carbocycles. The van der Waals surface area contributed by atoms with Crippen LogP contribution in [0.5, 0.6) is 0 Å². The Bertz CT molecular complexity index is 172. The fraction of sp³-hybridized carbons (Fsp3) is 0.222. The van der Waals surface area contributed by atoms with Crippen molar-refractivity contribution >= 4 is 0 Å². The van der Waals surface area contributed by atoms with Crippen molar-refractivity contribution in [2.24, 2.45) is 0 Å². The molecule has 1 aromatic carbocycles. The Morgan fingerprint density at radius 2 is 1.67 bits per heavy atom. The molecule has 0 saturated heterocycles. The first-order valence-corrected chi connectivity index (χ1v) is 3.07. The Balaban J connectivity index is 2.88. The predicted octanol–water partition coefficient (Wildman–Crippen LogP) is 2.44. The highest BCUT2D eigenvalue weighted by atomic mass is 13.9. The third kappa shape index (κ3) is 1.56. The van der Waals surface area contributed by atoms with Gasteiger partial charge in [0.15, 0.2) is 0 Å². The van der Waals surface area contributed by atoms with E-state index in [0.717, 1.165) is 0 Å². The molecule has 0 heteroatoms. The van der Waals surface area contributed by atoms with E-state index in [-0.39, 0.29) is 0 Å². The summed E-state index contributed by atoms with van der Waals surface area (Å²) in [5, 5.41) is 0. The molecule has 1 aromatic rings. The van der Waals surface area contributed by atoms with Gasteiger partial charge in [-0.25, -0.2) is 0 Å². The molecule has 2 radical (unpaired) electrons. The summed E-state index contributed by atoms with van der Waals surface area (Å²) in [5.41, 5.74) is 2.47. The SMILES string of the molecule is C[C]c1ccc(C)cc1. The highest BCUT2D eigenvalue weighted by Crippen LogP contribution is 2.03. The van der Waals surface area contributed by atoms with Gasteiger partial charge in [0, 0.05) is 6.42 Å². The summed E-state index contributed by atoms with van der Waals surface area (Å²) in [6.07, 6.45) is 3.05. The van der Waals surface area contributed by atoms with Crippen LogP contribution in [0.2, 0.25) is 0 Å². The highest BCUT2D eigenvalue weighted by molar-refractivity contribution is 5.25. The smallest absolute Gasteiger partial charge is 0.0131 e. The molecular formula is C9H10. The first-order chi connectivity index (χ1) is 4.33. The van der Waals surface area contributed by atoms with Gasteiger partial charge in [-0.15, -0.1) is 0 Å². The number of hydrogen-bond acceptors (Lipinski definition) is 0. The van der Waals surface area contributed by atoms with Crippen LogP contribution >= 0.6 is 0 Å². The van der Waals surface area contributed by atoms with E-state index < -0.39 is 0 Å². The number of hydrogen-bond donors (Lipinski definition) is 0. The lowest BCUT2D eigenvalue weighted by Gasteiger charge is -1.93. The Labute approximate surface area is 56.5 Å². The van der Waals surface area contributed by atoms with Crippen LogP contribution in [0.1, 0.15) is 18.1 Å². The third-order valence-corrected chi connectivity index (χ3v) is 1.34. The van der Waals surface area contributed by atoms with E-state index in [2.05, 4.69) is 37.6 Å². The Morgan fingerprint density at radius 1 is 1.11 bits per heavy atom. The molecule has 0 heterocycles. The molecule has 0 fully saturated rings. The van der Waals surface area contributed by atoms with Gasteiger partial charge in [-0.3, -0.25) is 0 Å². The fourth-order valence-corrected chi connectivity index (χ4v) is 0.720. The molecular weight excluding hydrogens is 108 g/mol. The van der Waals surface area contributed by atoms with E-state index in [0.29, 0.717) is 0 Å². The highest BCUT2D eigenvalue weighted by Gasteiger charge is 1.85. The monoisotopic (exact) mass is 118 g/mol. The minimum atomic E-state index is 1.17. The molecule has 0 aliphatic rings. The molecule has 0 nitrogen and oxygen atoms in total. The van der Waals surface area contributed by atoms with Crippen LogP contribution in [0.15, 0.2) is 24.3 Å². The molecule has 9 heavy (non-hydrogen) atoms. The molecule has 0 N–H and O–H groups in total. The first-order valence-electron chi connectivity index (χ1n) is 3.07. The van der Waals surface area contributed by atoms with Crippen molar-refractivity contribution in [2.75, 3.05) is 0 Å². The number of aryl methyl sites for hydroxylation is 1. The zero-order valence-electron chi connectivity index (χ0n) is 5.81. The fourth-order valence-electron chi connectivity index (χ4n) is 0.720. The lowest BCUT2D eigenvalue weighted by atomic mass is 10.1. The lowest BCUT2D eigenvalue weighted by Crippen LogP contribution is -1.75. The average Bonchev–Trinajstić information content (AvgIpc) is 1.90. The maximum absolute atomic E-state index is 3.05. The van der Waals surface area contributed by atoms with E-state index in [9.17, 15) is 0 Å². The van der Waals surface area contributed by atoms with Gasteiger partial charge < -0.3 is 0 Å². The van der Waals surface area contributed by atoms with Crippen molar-refractivity contribution in [3.8, 4) is 0 Å². The standard InChI is InChI=1S/C9H10/c1-3-9-6-4-8(2)5-7-9/h4-7H,1-2H3. The topological polar surface area (TPSA) is 0 Å². The molecule has 0 saturated carbocycles. The van der Waals surface area contributed by atoms with Crippen molar-refractivity contribution in [1.29, 1.82) is 0 Å². The Kier molecular flexibility index (Phi) is 1.88. The van der Waals surface area contributed by atoms with Crippen LogP contribution in [-0.4, -0.2) is 0 Å². The molecule has 0 unspecified atom stereocenters. The van der Waals surface area contributed by atoms with Crippen molar-refractivity contribution in [2.45, 2.75) is 13.8 Å². The minimum absolute atomic E-state index is 1.17. The first kappa shape index (κ1) is 6.34. The second-order valence-electron chi connectivity index (χ2n) is 2.12. The largest absolute Gasteiger partial charge is 0.0590 e. The van der Waals surface area contributed by atoms with Gasteiger partial charge in [-0.05, 0) is 12.5 Å². The van der Waals surface area contributed by atoms with Gasteiger partial charge in [0.2, 0.25) is 0 Å². The maximum atomic E-state index is 3.05. The Morgan fingerprint density at radius 3 is 2.11 bits per heavy atom. The summed E-state index contributed by atoms with van der Waals surface area (Å²) in [6, 6.07) is 8.31. The molecule has 0 atom stereocenters. The molecule has 0 aromatic heterocycles. The van der Waals surface area contributed by atoms with Crippen LogP contribution in [0.25, 0.3) is 0 Å². The lowest BCUT2D eigenvalue weighted by molar-refractivity contribution is 1.38. The van der Waals surface area contributed by atoms with Gasteiger partial charge in [-0.2, -0.15) is 0 Å². The quantitative estimate of drug-likeness (QED) is 0.531. The molecule has 46 valence electrons. The zero-order chi connectivity index (χ0) is 6.69. The zero-order valence-corrected chi connectivity index (χ0v) is 5.81. The van der Waals surface area contributed by atoms with E-state index >= 15 is 0 Å². The summed E-state index contributed by atoms with van der Waals surface area (Å²) < 4.78 is 0. The van der Waals surface area contributed by atoms with Gasteiger partial charge in [0.25, 0.3) is 0 Å². The average molecular weight is 118 g/mol. The maximum Gasteiger partial charge on any atom is 0.0131 e. The number of rotatable bonds is 1. The molecule has 0 bridgehead atoms. The second kappa shape index (κ2) is 2.67. The van der Waals surface area contributed by atoms with Crippen LogP contribution in [0.3, 0.4) is 0 Å². The van der Waals surface area contributed by atoms with E-state index in [1.54, 1.807) is 0 Å². The van der Waals surface area contributed by atoms with Crippen molar-refractivity contribution in [3.05, 3.63) is 41.8 Å².